The smallest absolute Gasteiger partial charge is 0.407 e. The van der Waals surface area contributed by atoms with E-state index in [4.69, 9.17) is 9.47 Å². The predicted molar refractivity (Wildman–Crippen MR) is 66.0 cm³/mol. The van der Waals surface area contributed by atoms with Gasteiger partial charge in [-0.05, 0) is 33.1 Å². The van der Waals surface area contributed by atoms with Crippen LogP contribution in [0.15, 0.2) is 0 Å². The van der Waals surface area contributed by atoms with Gasteiger partial charge in [0.2, 0.25) is 0 Å². The van der Waals surface area contributed by atoms with Crippen LogP contribution in [0.3, 0.4) is 0 Å². The third-order valence-electron chi connectivity index (χ3n) is 2.56. The van der Waals surface area contributed by atoms with Gasteiger partial charge in [0.15, 0.2) is 0 Å². The highest BCUT2D eigenvalue weighted by Gasteiger charge is 2.25. The second-order valence-corrected chi connectivity index (χ2v) is 5.56. The van der Waals surface area contributed by atoms with Crippen molar-refractivity contribution in [2.24, 2.45) is 5.92 Å². The Morgan fingerprint density at radius 1 is 1.41 bits per heavy atom. The zero-order chi connectivity index (χ0) is 12.9. The molecule has 5 heteroatoms. The molecule has 1 saturated heterocycles. The van der Waals surface area contributed by atoms with Gasteiger partial charge in [-0.2, -0.15) is 0 Å². The van der Waals surface area contributed by atoms with Crippen molar-refractivity contribution in [3.05, 3.63) is 0 Å². The Kier molecular flexibility index (Phi) is 5.21. The van der Waals surface area contributed by atoms with Gasteiger partial charge in [-0.25, -0.2) is 4.79 Å². The lowest BCUT2D eigenvalue weighted by atomic mass is 9.97. The molecule has 2 atom stereocenters. The van der Waals surface area contributed by atoms with Crippen molar-refractivity contribution >= 4 is 6.09 Å². The van der Waals surface area contributed by atoms with Gasteiger partial charge >= 0.3 is 6.09 Å². The van der Waals surface area contributed by atoms with E-state index in [9.17, 15) is 4.79 Å². The highest BCUT2D eigenvalue weighted by Crippen LogP contribution is 2.12. The second-order valence-electron chi connectivity index (χ2n) is 5.56. The van der Waals surface area contributed by atoms with E-state index in [0.29, 0.717) is 5.92 Å². The normalized spacial score (nSPS) is 25.4. The van der Waals surface area contributed by atoms with Crippen molar-refractivity contribution in [2.45, 2.75) is 38.8 Å². The number of amides is 1. The van der Waals surface area contributed by atoms with Gasteiger partial charge in [0.1, 0.15) is 5.60 Å². The number of piperidine rings is 1. The molecule has 0 spiro atoms. The number of carbonyl (C=O) groups is 1. The second kappa shape index (κ2) is 6.21. The Balaban J connectivity index is 2.33. The molecule has 1 aliphatic heterocycles. The summed E-state index contributed by atoms with van der Waals surface area (Å²) in [6.07, 6.45) is 0.586. The Morgan fingerprint density at radius 3 is 2.71 bits per heavy atom. The standard InChI is InChI=1S/C12H24N2O3/c1-12(2,3)17-11(15)14-10-5-9(8-16-4)6-13-7-10/h9-10,13H,5-8H2,1-4H3,(H,14,15)/t9-,10-/m0/s1. The number of hydrogen-bond donors (Lipinski definition) is 2. The molecule has 0 aromatic rings. The summed E-state index contributed by atoms with van der Waals surface area (Å²) in [5.41, 5.74) is -0.446. The molecule has 0 aromatic heterocycles. The van der Waals surface area contributed by atoms with Crippen LogP contribution >= 0.6 is 0 Å². The molecule has 1 heterocycles. The summed E-state index contributed by atoms with van der Waals surface area (Å²) in [6, 6.07) is 0.124. The highest BCUT2D eigenvalue weighted by molar-refractivity contribution is 5.68. The molecule has 100 valence electrons. The van der Waals surface area contributed by atoms with Gasteiger partial charge in [-0.1, -0.05) is 0 Å². The maximum absolute atomic E-state index is 11.6. The van der Waals surface area contributed by atoms with Crippen molar-refractivity contribution in [3.63, 3.8) is 0 Å². The van der Waals surface area contributed by atoms with Gasteiger partial charge in [0.25, 0.3) is 0 Å². The van der Waals surface area contributed by atoms with Crippen molar-refractivity contribution in [3.8, 4) is 0 Å². The first-order valence-electron chi connectivity index (χ1n) is 6.10. The van der Waals surface area contributed by atoms with Crippen LogP contribution in [0, 0.1) is 5.92 Å². The molecule has 0 radical (unpaired) electrons. The predicted octanol–water partition coefficient (Wildman–Crippen LogP) is 1.14. The average molecular weight is 244 g/mol. The number of rotatable bonds is 3. The molecular formula is C12H24N2O3. The summed E-state index contributed by atoms with van der Waals surface area (Å²) in [7, 11) is 1.70. The van der Waals surface area contributed by atoms with E-state index >= 15 is 0 Å². The minimum absolute atomic E-state index is 0.124. The molecule has 2 N–H and O–H groups in total. The Labute approximate surface area is 103 Å². The monoisotopic (exact) mass is 244 g/mol. The summed E-state index contributed by atoms with van der Waals surface area (Å²) in [5, 5.41) is 6.17. The van der Waals surface area contributed by atoms with E-state index in [1.807, 2.05) is 20.8 Å². The highest BCUT2D eigenvalue weighted by atomic mass is 16.6. The molecule has 0 bridgehead atoms. The van der Waals surface area contributed by atoms with E-state index in [-0.39, 0.29) is 12.1 Å². The van der Waals surface area contributed by atoms with Crippen molar-refractivity contribution in [1.29, 1.82) is 0 Å². The zero-order valence-electron chi connectivity index (χ0n) is 11.2. The van der Waals surface area contributed by atoms with Crippen LogP contribution in [0.25, 0.3) is 0 Å². The van der Waals surface area contributed by atoms with E-state index in [0.717, 1.165) is 26.1 Å². The number of carbonyl (C=O) groups excluding carboxylic acids is 1. The van der Waals surface area contributed by atoms with E-state index in [1.54, 1.807) is 7.11 Å². The molecule has 0 saturated carbocycles. The quantitative estimate of drug-likeness (QED) is 0.781. The van der Waals surface area contributed by atoms with Gasteiger partial charge in [-0.15, -0.1) is 0 Å². The van der Waals surface area contributed by atoms with Crippen LogP contribution < -0.4 is 10.6 Å². The van der Waals surface area contributed by atoms with E-state index in [2.05, 4.69) is 10.6 Å². The molecule has 1 amide bonds. The summed E-state index contributed by atoms with van der Waals surface area (Å²) >= 11 is 0. The zero-order valence-corrected chi connectivity index (χ0v) is 11.2. The van der Waals surface area contributed by atoms with Gasteiger partial charge < -0.3 is 20.1 Å². The van der Waals surface area contributed by atoms with Crippen LogP contribution in [-0.2, 0) is 9.47 Å². The Hall–Kier alpha value is -0.810. The molecule has 1 aliphatic rings. The molecule has 1 rings (SSSR count). The number of methoxy groups -OCH3 is 1. The van der Waals surface area contributed by atoms with Gasteiger partial charge in [0.05, 0.1) is 6.61 Å². The maximum Gasteiger partial charge on any atom is 0.407 e. The average Bonchev–Trinajstić information content (AvgIpc) is 2.15. The summed E-state index contributed by atoms with van der Waals surface area (Å²) in [4.78, 5) is 11.6. The first kappa shape index (κ1) is 14.3. The van der Waals surface area contributed by atoms with Crippen LogP contribution in [0.4, 0.5) is 4.79 Å². The lowest BCUT2D eigenvalue weighted by molar-refractivity contribution is 0.0476. The maximum atomic E-state index is 11.6. The number of alkyl carbamates (subject to hydrolysis) is 1. The SMILES string of the molecule is COC[C@@H]1CNC[C@@H](NC(=O)OC(C)(C)C)C1. The summed E-state index contributed by atoms with van der Waals surface area (Å²) < 4.78 is 10.4. The minimum atomic E-state index is -0.446. The first-order chi connectivity index (χ1) is 7.90. The van der Waals surface area contributed by atoms with E-state index in [1.165, 1.54) is 0 Å². The molecular weight excluding hydrogens is 220 g/mol. The molecule has 1 fully saturated rings. The van der Waals surface area contributed by atoms with Crippen LogP contribution in [0.1, 0.15) is 27.2 Å². The lowest BCUT2D eigenvalue weighted by Crippen LogP contribution is -2.50. The lowest BCUT2D eigenvalue weighted by Gasteiger charge is -2.31. The van der Waals surface area contributed by atoms with Crippen LogP contribution in [-0.4, -0.2) is 44.5 Å². The fourth-order valence-electron chi connectivity index (χ4n) is 1.98. The minimum Gasteiger partial charge on any atom is -0.444 e. The van der Waals surface area contributed by atoms with Crippen molar-refractivity contribution < 1.29 is 14.3 Å². The third kappa shape index (κ3) is 5.89. The number of hydrogen-bond acceptors (Lipinski definition) is 4. The molecule has 0 aliphatic carbocycles. The molecule has 5 nitrogen and oxygen atoms in total. The van der Waals surface area contributed by atoms with Crippen molar-refractivity contribution in [1.82, 2.24) is 10.6 Å². The number of nitrogens with one attached hydrogen (secondary N) is 2. The topological polar surface area (TPSA) is 59.6 Å². The largest absolute Gasteiger partial charge is 0.444 e. The fraction of sp³-hybridized carbons (Fsp3) is 0.917. The molecule has 0 unspecified atom stereocenters. The van der Waals surface area contributed by atoms with Crippen molar-refractivity contribution in [2.75, 3.05) is 26.8 Å². The van der Waals surface area contributed by atoms with Gasteiger partial charge in [-0.3, -0.25) is 0 Å². The molecule has 17 heavy (non-hydrogen) atoms. The van der Waals surface area contributed by atoms with Crippen LogP contribution in [0.2, 0.25) is 0 Å². The molecule has 0 aromatic carbocycles. The number of ether oxygens (including phenoxy) is 2. The Morgan fingerprint density at radius 2 is 2.12 bits per heavy atom. The fourth-order valence-corrected chi connectivity index (χ4v) is 1.98. The van der Waals surface area contributed by atoms with Crippen LogP contribution in [0.5, 0.6) is 0 Å². The van der Waals surface area contributed by atoms with Gasteiger partial charge in [0, 0.05) is 26.2 Å². The first-order valence-corrected chi connectivity index (χ1v) is 6.10. The summed E-state index contributed by atoms with van der Waals surface area (Å²) in [6.45, 7) is 8.04. The van der Waals surface area contributed by atoms with E-state index < -0.39 is 5.60 Å². The summed E-state index contributed by atoms with van der Waals surface area (Å²) in [5.74, 6) is 0.452. The third-order valence-corrected chi connectivity index (χ3v) is 2.56. The Bertz CT molecular complexity index is 249.